The Labute approximate surface area is 101 Å². The first-order chi connectivity index (χ1) is 8.11. The molecule has 2 aromatic rings. The first-order valence-corrected chi connectivity index (χ1v) is 5.18. The summed E-state index contributed by atoms with van der Waals surface area (Å²) in [6.45, 7) is 0. The molecule has 0 radical (unpaired) electrons. The summed E-state index contributed by atoms with van der Waals surface area (Å²) in [6.07, 6.45) is 1.52. The number of aromatic nitrogens is 2. The van der Waals surface area contributed by atoms with Gasteiger partial charge in [-0.25, -0.2) is 4.39 Å². The van der Waals surface area contributed by atoms with Crippen molar-refractivity contribution >= 4 is 12.2 Å². The van der Waals surface area contributed by atoms with Gasteiger partial charge >= 0.3 is 0 Å². The molecule has 88 valence electrons. The van der Waals surface area contributed by atoms with Gasteiger partial charge in [0, 0.05) is 18.3 Å². The molecule has 1 aromatic carbocycles. The lowest BCUT2D eigenvalue weighted by Gasteiger charge is -2.08. The van der Waals surface area contributed by atoms with Gasteiger partial charge in [0.05, 0.1) is 12.8 Å². The highest BCUT2D eigenvalue weighted by molar-refractivity contribution is 7.71. The molecule has 1 aromatic heterocycles. The number of rotatable bonds is 2. The van der Waals surface area contributed by atoms with Gasteiger partial charge in [-0.05, 0) is 24.4 Å². The fraction of sp³-hybridized carbons (Fsp3) is 0.0909. The van der Waals surface area contributed by atoms with Gasteiger partial charge < -0.3 is 4.74 Å². The van der Waals surface area contributed by atoms with E-state index in [0.29, 0.717) is 5.69 Å². The van der Waals surface area contributed by atoms with E-state index in [2.05, 4.69) is 4.98 Å². The largest absolute Gasteiger partial charge is 0.494 e. The van der Waals surface area contributed by atoms with Crippen LogP contribution in [0.2, 0.25) is 0 Å². The predicted molar refractivity (Wildman–Crippen MR) is 63.7 cm³/mol. The minimum absolute atomic E-state index is 0.121. The topological polar surface area (TPSA) is 47.0 Å². The Balaban J connectivity index is 2.61. The molecule has 4 nitrogen and oxygen atoms in total. The van der Waals surface area contributed by atoms with E-state index in [-0.39, 0.29) is 16.1 Å². The molecule has 0 spiro atoms. The fourth-order valence-corrected chi connectivity index (χ4v) is 1.69. The van der Waals surface area contributed by atoms with E-state index in [1.165, 1.54) is 31.5 Å². The molecular weight excluding hydrogens is 243 g/mol. The predicted octanol–water partition coefficient (Wildman–Crippen LogP) is 2.04. The second-order valence-electron chi connectivity index (χ2n) is 3.30. The molecule has 0 bridgehead atoms. The van der Waals surface area contributed by atoms with Crippen molar-refractivity contribution in [2.24, 2.45) is 0 Å². The van der Waals surface area contributed by atoms with Gasteiger partial charge in [0.2, 0.25) is 0 Å². The van der Waals surface area contributed by atoms with Crippen LogP contribution in [-0.4, -0.2) is 16.7 Å². The van der Waals surface area contributed by atoms with Crippen LogP contribution in [0, 0.1) is 10.6 Å². The van der Waals surface area contributed by atoms with Crippen molar-refractivity contribution in [3.8, 4) is 11.4 Å². The molecule has 6 heteroatoms. The van der Waals surface area contributed by atoms with Crippen LogP contribution in [0.3, 0.4) is 0 Å². The maximum absolute atomic E-state index is 13.2. The highest BCUT2D eigenvalue weighted by Crippen LogP contribution is 2.20. The average Bonchev–Trinajstić information content (AvgIpc) is 2.30. The number of hydrogen-bond donors (Lipinski definition) is 1. The Morgan fingerprint density at radius 3 is 2.82 bits per heavy atom. The molecule has 0 aliphatic heterocycles. The number of hydrogen-bond acceptors (Lipinski definition) is 3. The minimum atomic E-state index is -0.452. The molecule has 0 atom stereocenters. The molecule has 0 unspecified atom stereocenters. The van der Waals surface area contributed by atoms with E-state index in [0.717, 1.165) is 0 Å². The monoisotopic (exact) mass is 252 g/mol. The Morgan fingerprint density at radius 2 is 2.18 bits per heavy atom. The second kappa shape index (κ2) is 4.50. The van der Waals surface area contributed by atoms with Crippen LogP contribution >= 0.6 is 12.2 Å². The normalized spacial score (nSPS) is 10.2. The van der Waals surface area contributed by atoms with Crippen molar-refractivity contribution in [3.05, 3.63) is 51.4 Å². The van der Waals surface area contributed by atoms with E-state index in [1.54, 1.807) is 10.6 Å². The number of nitrogens with zero attached hydrogens (tertiary/aromatic N) is 1. The summed E-state index contributed by atoms with van der Waals surface area (Å²) in [5.41, 5.74) is 0.338. The van der Waals surface area contributed by atoms with E-state index in [1.807, 2.05) is 0 Å². The van der Waals surface area contributed by atoms with Crippen molar-refractivity contribution in [2.45, 2.75) is 0 Å². The van der Waals surface area contributed by atoms with Crippen LogP contribution in [0.4, 0.5) is 4.39 Å². The van der Waals surface area contributed by atoms with Crippen molar-refractivity contribution in [2.75, 3.05) is 7.11 Å². The van der Waals surface area contributed by atoms with Gasteiger partial charge in [-0.2, -0.15) is 0 Å². The van der Waals surface area contributed by atoms with Gasteiger partial charge in [0.15, 0.2) is 16.3 Å². The van der Waals surface area contributed by atoms with Gasteiger partial charge in [-0.3, -0.25) is 14.3 Å². The van der Waals surface area contributed by atoms with Gasteiger partial charge in [-0.1, -0.05) is 0 Å². The zero-order chi connectivity index (χ0) is 12.4. The van der Waals surface area contributed by atoms with Crippen LogP contribution in [-0.2, 0) is 0 Å². The zero-order valence-corrected chi connectivity index (χ0v) is 9.75. The molecule has 0 saturated heterocycles. The van der Waals surface area contributed by atoms with Crippen molar-refractivity contribution in [3.63, 3.8) is 0 Å². The van der Waals surface area contributed by atoms with Crippen LogP contribution in [0.1, 0.15) is 0 Å². The molecule has 17 heavy (non-hydrogen) atoms. The zero-order valence-electron chi connectivity index (χ0n) is 8.94. The lowest BCUT2D eigenvalue weighted by atomic mass is 10.3. The molecular formula is C11H9FN2O2S. The number of halogens is 1. The van der Waals surface area contributed by atoms with Crippen LogP contribution in [0.5, 0.6) is 5.75 Å². The van der Waals surface area contributed by atoms with E-state index in [4.69, 9.17) is 17.0 Å². The van der Waals surface area contributed by atoms with Crippen LogP contribution in [0.25, 0.3) is 5.69 Å². The molecule has 0 fully saturated rings. The van der Waals surface area contributed by atoms with Crippen molar-refractivity contribution in [1.29, 1.82) is 0 Å². The molecule has 1 N–H and O–H groups in total. The average molecular weight is 252 g/mol. The highest BCUT2D eigenvalue weighted by Gasteiger charge is 2.05. The van der Waals surface area contributed by atoms with E-state index in [9.17, 15) is 9.18 Å². The van der Waals surface area contributed by atoms with Crippen LogP contribution < -0.4 is 10.3 Å². The number of ether oxygens (including phenoxy) is 1. The van der Waals surface area contributed by atoms with Crippen LogP contribution in [0.15, 0.2) is 35.3 Å². The molecule has 2 rings (SSSR count). The molecule has 0 saturated carbocycles. The molecule has 0 aliphatic carbocycles. The lowest BCUT2D eigenvalue weighted by Crippen LogP contribution is -2.09. The summed E-state index contributed by atoms with van der Waals surface area (Å²) in [5, 5.41) is 0. The first-order valence-electron chi connectivity index (χ1n) is 4.78. The number of aromatic amines is 1. The summed E-state index contributed by atoms with van der Waals surface area (Å²) in [7, 11) is 1.38. The van der Waals surface area contributed by atoms with E-state index >= 15 is 0 Å². The van der Waals surface area contributed by atoms with Crippen molar-refractivity contribution in [1.82, 2.24) is 9.55 Å². The first kappa shape index (κ1) is 11.5. The number of methoxy groups -OCH3 is 1. The summed E-state index contributed by atoms with van der Waals surface area (Å²) >= 11 is 5.01. The summed E-state index contributed by atoms with van der Waals surface area (Å²) in [5.74, 6) is -0.331. The standard InChI is InChI=1S/C11H9FN2O2S/c1-16-9-6-7(2-3-8(9)12)14-5-4-10(15)13-11(14)17/h2-6H,1H3,(H,13,15,17). The van der Waals surface area contributed by atoms with Gasteiger partial charge in [-0.15, -0.1) is 0 Å². The molecule has 0 aliphatic rings. The second-order valence-corrected chi connectivity index (χ2v) is 3.69. The Kier molecular flexibility index (Phi) is 3.06. The Hall–Kier alpha value is -1.95. The Morgan fingerprint density at radius 1 is 1.41 bits per heavy atom. The van der Waals surface area contributed by atoms with Gasteiger partial charge in [0.1, 0.15) is 0 Å². The summed E-state index contributed by atoms with van der Waals surface area (Å²) in [4.78, 5) is 13.5. The third kappa shape index (κ3) is 2.26. The summed E-state index contributed by atoms with van der Waals surface area (Å²) in [6, 6.07) is 5.67. The third-order valence-corrected chi connectivity index (χ3v) is 2.54. The number of H-pyrrole nitrogens is 1. The number of benzene rings is 1. The smallest absolute Gasteiger partial charge is 0.251 e. The third-order valence-electron chi connectivity index (χ3n) is 2.24. The maximum atomic E-state index is 13.2. The fourth-order valence-electron chi connectivity index (χ4n) is 1.42. The molecule has 0 amide bonds. The highest BCUT2D eigenvalue weighted by atomic mass is 32.1. The van der Waals surface area contributed by atoms with Crippen molar-refractivity contribution < 1.29 is 9.13 Å². The summed E-state index contributed by atoms with van der Waals surface area (Å²) < 4.78 is 19.9. The lowest BCUT2D eigenvalue weighted by molar-refractivity contribution is 0.386. The Bertz CT molecular complexity index is 663. The maximum Gasteiger partial charge on any atom is 0.251 e. The van der Waals surface area contributed by atoms with E-state index < -0.39 is 5.82 Å². The molecule has 1 heterocycles. The quantitative estimate of drug-likeness (QED) is 0.832. The number of nitrogens with one attached hydrogen (secondary N) is 1. The van der Waals surface area contributed by atoms with Gasteiger partial charge in [0.25, 0.3) is 5.56 Å². The SMILES string of the molecule is COc1cc(-n2ccc(=O)[nH]c2=S)ccc1F. The minimum Gasteiger partial charge on any atom is -0.494 e.